The van der Waals surface area contributed by atoms with Gasteiger partial charge in [-0.25, -0.2) is 0 Å². The van der Waals surface area contributed by atoms with Crippen LogP contribution in [0.4, 0.5) is 0 Å². The van der Waals surface area contributed by atoms with Gasteiger partial charge in [-0.15, -0.1) is 0 Å². The van der Waals surface area contributed by atoms with Crippen molar-refractivity contribution in [2.24, 2.45) is 5.92 Å². The first-order valence-corrected chi connectivity index (χ1v) is 6.86. The fraction of sp³-hybridized carbons (Fsp3) is 0.923. The summed E-state index contributed by atoms with van der Waals surface area (Å²) in [4.78, 5) is 12.2. The Hall–Kier alpha value is -0.610. The van der Waals surface area contributed by atoms with E-state index < -0.39 is 0 Å². The van der Waals surface area contributed by atoms with E-state index in [0.29, 0.717) is 19.3 Å². The summed E-state index contributed by atoms with van der Waals surface area (Å²) < 4.78 is 5.37. The van der Waals surface area contributed by atoms with Crippen LogP contribution in [0.2, 0.25) is 0 Å². The molecule has 2 atom stereocenters. The van der Waals surface area contributed by atoms with Crippen molar-refractivity contribution >= 4 is 5.91 Å². The van der Waals surface area contributed by atoms with E-state index in [1.807, 2.05) is 7.05 Å². The summed E-state index contributed by atoms with van der Waals surface area (Å²) in [5, 5.41) is 6.36. The number of ether oxygens (including phenoxy) is 1. The predicted octanol–water partition coefficient (Wildman–Crippen LogP) is 1.06. The van der Waals surface area contributed by atoms with Gasteiger partial charge in [-0.1, -0.05) is 25.7 Å². The third-order valence-corrected chi connectivity index (χ3v) is 3.99. The molecular weight excluding hydrogens is 216 g/mol. The SMILES string of the molecule is CNC1COCC1C(=O)NC1CCCCCC1. The first-order valence-electron chi connectivity index (χ1n) is 6.86. The van der Waals surface area contributed by atoms with Gasteiger partial charge in [0.15, 0.2) is 0 Å². The summed E-state index contributed by atoms with van der Waals surface area (Å²) in [7, 11) is 1.89. The van der Waals surface area contributed by atoms with Crippen molar-refractivity contribution in [2.75, 3.05) is 20.3 Å². The minimum absolute atomic E-state index is 0.0109. The normalized spacial score (nSPS) is 31.1. The van der Waals surface area contributed by atoms with Crippen molar-refractivity contribution < 1.29 is 9.53 Å². The van der Waals surface area contributed by atoms with Crippen LogP contribution in [0.5, 0.6) is 0 Å². The Balaban J connectivity index is 1.82. The number of likely N-dealkylation sites (N-methyl/N-ethyl adjacent to an activating group) is 1. The molecule has 0 aromatic rings. The van der Waals surface area contributed by atoms with Gasteiger partial charge < -0.3 is 15.4 Å². The molecule has 98 valence electrons. The molecule has 2 N–H and O–H groups in total. The van der Waals surface area contributed by atoms with E-state index in [1.54, 1.807) is 0 Å². The molecule has 0 radical (unpaired) electrons. The van der Waals surface area contributed by atoms with Crippen LogP contribution in [0.15, 0.2) is 0 Å². The summed E-state index contributed by atoms with van der Waals surface area (Å²) in [6, 6.07) is 0.573. The average Bonchev–Trinajstić information content (AvgIpc) is 2.68. The Morgan fingerprint density at radius 1 is 1.12 bits per heavy atom. The van der Waals surface area contributed by atoms with Crippen molar-refractivity contribution in [3.8, 4) is 0 Å². The number of nitrogens with one attached hydrogen (secondary N) is 2. The maximum atomic E-state index is 12.2. The van der Waals surface area contributed by atoms with Gasteiger partial charge >= 0.3 is 0 Å². The molecule has 1 heterocycles. The Morgan fingerprint density at radius 2 is 1.82 bits per heavy atom. The lowest BCUT2D eigenvalue weighted by molar-refractivity contribution is -0.126. The van der Waals surface area contributed by atoms with Crippen molar-refractivity contribution in [1.29, 1.82) is 0 Å². The van der Waals surface area contributed by atoms with Gasteiger partial charge in [-0.3, -0.25) is 4.79 Å². The number of hydrogen-bond acceptors (Lipinski definition) is 3. The van der Waals surface area contributed by atoms with E-state index in [0.717, 1.165) is 12.8 Å². The van der Waals surface area contributed by atoms with E-state index in [2.05, 4.69) is 10.6 Å². The number of carbonyl (C=O) groups excluding carboxylic acids is 1. The molecule has 17 heavy (non-hydrogen) atoms. The Kier molecular flexibility index (Phi) is 4.80. The first kappa shape index (κ1) is 12.8. The fourth-order valence-corrected chi connectivity index (χ4v) is 2.83. The molecule has 0 spiro atoms. The third-order valence-electron chi connectivity index (χ3n) is 3.99. The molecule has 2 unspecified atom stereocenters. The van der Waals surface area contributed by atoms with Crippen LogP contribution in [0, 0.1) is 5.92 Å². The lowest BCUT2D eigenvalue weighted by Crippen LogP contribution is -2.45. The number of rotatable bonds is 3. The molecule has 2 rings (SSSR count). The highest BCUT2D eigenvalue weighted by molar-refractivity contribution is 5.80. The summed E-state index contributed by atoms with van der Waals surface area (Å²) in [6.45, 7) is 1.21. The summed E-state index contributed by atoms with van der Waals surface area (Å²) in [5.74, 6) is 0.164. The zero-order valence-corrected chi connectivity index (χ0v) is 10.7. The van der Waals surface area contributed by atoms with Gasteiger partial charge in [0.1, 0.15) is 0 Å². The summed E-state index contributed by atoms with van der Waals surface area (Å²) >= 11 is 0. The molecule has 1 saturated carbocycles. The van der Waals surface area contributed by atoms with Crippen LogP contribution in [-0.4, -0.2) is 38.3 Å². The molecule has 2 aliphatic rings. The van der Waals surface area contributed by atoms with Gasteiger partial charge in [0, 0.05) is 12.1 Å². The van der Waals surface area contributed by atoms with Crippen LogP contribution in [0.3, 0.4) is 0 Å². The second kappa shape index (κ2) is 6.36. The van der Waals surface area contributed by atoms with E-state index >= 15 is 0 Å². The molecule has 4 heteroatoms. The van der Waals surface area contributed by atoms with Gasteiger partial charge in [0.2, 0.25) is 5.91 Å². The molecule has 1 saturated heterocycles. The quantitative estimate of drug-likeness (QED) is 0.725. The minimum atomic E-state index is -0.0109. The highest BCUT2D eigenvalue weighted by Crippen LogP contribution is 2.19. The zero-order chi connectivity index (χ0) is 12.1. The van der Waals surface area contributed by atoms with Gasteiger partial charge in [0.25, 0.3) is 0 Å². The molecule has 0 bridgehead atoms. The monoisotopic (exact) mass is 240 g/mol. The van der Waals surface area contributed by atoms with Crippen LogP contribution >= 0.6 is 0 Å². The molecule has 0 aromatic carbocycles. The number of carbonyl (C=O) groups is 1. The smallest absolute Gasteiger partial charge is 0.227 e. The van der Waals surface area contributed by atoms with Crippen LogP contribution in [-0.2, 0) is 9.53 Å². The standard InChI is InChI=1S/C13H24N2O2/c1-14-12-9-17-8-11(12)13(16)15-10-6-4-2-3-5-7-10/h10-12,14H,2-9H2,1H3,(H,15,16). The maximum absolute atomic E-state index is 12.2. The average molecular weight is 240 g/mol. The lowest BCUT2D eigenvalue weighted by atomic mass is 10.0. The van der Waals surface area contributed by atoms with Gasteiger partial charge in [-0.2, -0.15) is 0 Å². The van der Waals surface area contributed by atoms with Crippen molar-refractivity contribution in [1.82, 2.24) is 10.6 Å². The van der Waals surface area contributed by atoms with Gasteiger partial charge in [-0.05, 0) is 19.9 Å². The second-order valence-electron chi connectivity index (χ2n) is 5.24. The highest BCUT2D eigenvalue weighted by atomic mass is 16.5. The molecule has 1 aliphatic heterocycles. The van der Waals surface area contributed by atoms with Crippen molar-refractivity contribution in [2.45, 2.75) is 50.6 Å². The zero-order valence-electron chi connectivity index (χ0n) is 10.7. The third kappa shape index (κ3) is 3.42. The Bertz CT molecular complexity index is 250. The minimum Gasteiger partial charge on any atom is -0.379 e. The van der Waals surface area contributed by atoms with Crippen LogP contribution in [0.1, 0.15) is 38.5 Å². The number of amides is 1. The lowest BCUT2D eigenvalue weighted by Gasteiger charge is -2.21. The molecule has 4 nitrogen and oxygen atoms in total. The van der Waals surface area contributed by atoms with E-state index in [9.17, 15) is 4.79 Å². The van der Waals surface area contributed by atoms with Gasteiger partial charge in [0.05, 0.1) is 19.1 Å². The number of hydrogen-bond donors (Lipinski definition) is 2. The predicted molar refractivity (Wildman–Crippen MR) is 66.8 cm³/mol. The molecule has 0 aromatic heterocycles. The molecule has 1 amide bonds. The van der Waals surface area contributed by atoms with Crippen LogP contribution in [0.25, 0.3) is 0 Å². The van der Waals surface area contributed by atoms with E-state index in [-0.39, 0.29) is 17.9 Å². The summed E-state index contributed by atoms with van der Waals surface area (Å²) in [5.41, 5.74) is 0. The van der Waals surface area contributed by atoms with Crippen LogP contribution < -0.4 is 10.6 Å². The van der Waals surface area contributed by atoms with E-state index in [1.165, 1.54) is 25.7 Å². The molecular formula is C13H24N2O2. The Labute approximate surface area is 103 Å². The maximum Gasteiger partial charge on any atom is 0.227 e. The highest BCUT2D eigenvalue weighted by Gasteiger charge is 2.33. The first-order chi connectivity index (χ1) is 8.31. The second-order valence-corrected chi connectivity index (χ2v) is 5.24. The molecule has 2 fully saturated rings. The van der Waals surface area contributed by atoms with E-state index in [4.69, 9.17) is 4.74 Å². The van der Waals surface area contributed by atoms with Crippen molar-refractivity contribution in [3.05, 3.63) is 0 Å². The Morgan fingerprint density at radius 3 is 2.47 bits per heavy atom. The molecule has 1 aliphatic carbocycles. The summed E-state index contributed by atoms with van der Waals surface area (Å²) in [6.07, 6.45) is 7.42. The largest absolute Gasteiger partial charge is 0.379 e. The topological polar surface area (TPSA) is 50.4 Å². The van der Waals surface area contributed by atoms with Crippen molar-refractivity contribution in [3.63, 3.8) is 0 Å². The fourth-order valence-electron chi connectivity index (χ4n) is 2.83.